The van der Waals surface area contributed by atoms with Crippen LogP contribution >= 0.6 is 0 Å². The maximum absolute atomic E-state index is 13.7. The van der Waals surface area contributed by atoms with Gasteiger partial charge in [0.05, 0.1) is 11.5 Å². The molecule has 0 saturated heterocycles. The lowest BCUT2D eigenvalue weighted by Gasteiger charge is -2.25. The normalized spacial score (nSPS) is 13.1. The van der Waals surface area contributed by atoms with Crippen LogP contribution in [0, 0.1) is 0 Å². The van der Waals surface area contributed by atoms with E-state index in [4.69, 9.17) is 4.74 Å². The number of rotatable bonds is 9. The Morgan fingerprint density at radius 2 is 1.39 bits per heavy atom. The van der Waals surface area contributed by atoms with Crippen LogP contribution < -0.4 is 4.72 Å². The van der Waals surface area contributed by atoms with Crippen molar-refractivity contribution in [1.29, 1.82) is 0 Å². The maximum atomic E-state index is 13.7. The van der Waals surface area contributed by atoms with Gasteiger partial charge in [-0.3, -0.25) is 0 Å². The van der Waals surface area contributed by atoms with Gasteiger partial charge in [-0.15, -0.1) is 0 Å². The minimum absolute atomic E-state index is 0.000503. The van der Waals surface area contributed by atoms with Crippen LogP contribution in [0.15, 0.2) is 47.4 Å². The number of ether oxygens (including phenoxy) is 1. The summed E-state index contributed by atoms with van der Waals surface area (Å²) < 4.78 is 35.3. The van der Waals surface area contributed by atoms with Gasteiger partial charge in [0.2, 0.25) is 10.0 Å². The van der Waals surface area contributed by atoms with Crippen molar-refractivity contribution in [3.8, 4) is 0 Å². The summed E-state index contributed by atoms with van der Waals surface area (Å²) in [4.78, 5) is 13.0. The third-order valence-electron chi connectivity index (χ3n) is 5.28. The van der Waals surface area contributed by atoms with Crippen molar-refractivity contribution in [2.24, 2.45) is 0 Å². The molecule has 2 aromatic carbocycles. The topological polar surface area (TPSA) is 72.5 Å². The fraction of sp³-hybridized carbons (Fsp3) is 0.480. The predicted octanol–water partition coefficient (Wildman–Crippen LogP) is 5.64. The Morgan fingerprint density at radius 3 is 1.81 bits per heavy atom. The number of esters is 1. The second-order valence-electron chi connectivity index (χ2n) is 8.71. The van der Waals surface area contributed by atoms with Crippen LogP contribution in [-0.2, 0) is 19.6 Å². The molecule has 5 nitrogen and oxygen atoms in total. The Kier molecular flexibility index (Phi) is 8.43. The van der Waals surface area contributed by atoms with Crippen molar-refractivity contribution in [3.05, 3.63) is 64.7 Å². The monoisotopic (exact) mass is 445 g/mol. The van der Waals surface area contributed by atoms with Gasteiger partial charge < -0.3 is 4.74 Å². The number of carbonyl (C=O) groups is 1. The molecule has 170 valence electrons. The van der Waals surface area contributed by atoms with Crippen molar-refractivity contribution >= 4 is 16.0 Å². The average Bonchev–Trinajstić information content (AvgIpc) is 2.71. The summed E-state index contributed by atoms with van der Waals surface area (Å²) in [5, 5.41) is 0. The highest BCUT2D eigenvalue weighted by molar-refractivity contribution is 7.89. The van der Waals surface area contributed by atoms with E-state index in [0.29, 0.717) is 5.56 Å². The maximum Gasteiger partial charge on any atom is 0.328 e. The first-order chi connectivity index (χ1) is 14.5. The molecule has 0 aliphatic heterocycles. The summed E-state index contributed by atoms with van der Waals surface area (Å²) in [6, 6.07) is 11.7. The van der Waals surface area contributed by atoms with Crippen molar-refractivity contribution in [1.82, 2.24) is 4.72 Å². The lowest BCUT2D eigenvalue weighted by molar-refractivity contribution is -0.145. The molecule has 2 rings (SSSR count). The summed E-state index contributed by atoms with van der Waals surface area (Å²) in [5.41, 5.74) is 3.17. The largest absolute Gasteiger partial charge is 0.465 e. The molecular weight excluding hydrogens is 410 g/mol. The minimum Gasteiger partial charge on any atom is -0.465 e. The van der Waals surface area contributed by atoms with Crippen molar-refractivity contribution in [2.75, 3.05) is 6.61 Å². The molecule has 1 N–H and O–H groups in total. The van der Waals surface area contributed by atoms with Gasteiger partial charge >= 0.3 is 5.97 Å². The van der Waals surface area contributed by atoms with Gasteiger partial charge in [-0.1, -0.05) is 84.0 Å². The highest BCUT2D eigenvalue weighted by atomic mass is 32.2. The molecule has 0 spiro atoms. The van der Waals surface area contributed by atoms with Crippen LogP contribution in [0.25, 0.3) is 0 Å². The van der Waals surface area contributed by atoms with E-state index in [1.807, 2.05) is 45.9 Å². The first-order valence-corrected chi connectivity index (χ1v) is 12.4. The highest BCUT2D eigenvalue weighted by Crippen LogP contribution is 2.35. The molecule has 0 saturated carbocycles. The smallest absolute Gasteiger partial charge is 0.328 e. The Hall–Kier alpha value is -2.18. The zero-order chi connectivity index (χ0) is 23.3. The fourth-order valence-corrected chi connectivity index (χ4v) is 5.41. The molecule has 0 bridgehead atoms. The molecule has 0 unspecified atom stereocenters. The van der Waals surface area contributed by atoms with Gasteiger partial charge in [0.1, 0.15) is 6.04 Å². The third kappa shape index (κ3) is 5.95. The van der Waals surface area contributed by atoms with Gasteiger partial charge in [-0.2, -0.15) is 4.72 Å². The molecule has 0 radical (unpaired) electrons. The van der Waals surface area contributed by atoms with E-state index in [9.17, 15) is 13.2 Å². The van der Waals surface area contributed by atoms with Crippen LogP contribution in [-0.4, -0.2) is 21.0 Å². The number of hydrogen-bond donors (Lipinski definition) is 1. The highest BCUT2D eigenvalue weighted by Gasteiger charge is 2.32. The molecule has 0 amide bonds. The van der Waals surface area contributed by atoms with Gasteiger partial charge in [0.25, 0.3) is 0 Å². The summed E-state index contributed by atoms with van der Waals surface area (Å²) in [6.45, 7) is 14.0. The summed E-state index contributed by atoms with van der Waals surface area (Å²) in [5.74, 6) is -0.342. The van der Waals surface area contributed by atoms with Crippen molar-refractivity contribution in [3.63, 3.8) is 0 Å². The van der Waals surface area contributed by atoms with Crippen LogP contribution in [0.2, 0.25) is 0 Å². The fourth-order valence-electron chi connectivity index (χ4n) is 3.54. The molecule has 6 heteroatoms. The summed E-state index contributed by atoms with van der Waals surface area (Å²) in [6.07, 6.45) is 0. The molecule has 1 atom stereocenters. The van der Waals surface area contributed by atoms with E-state index in [-0.39, 0.29) is 29.3 Å². The predicted molar refractivity (Wildman–Crippen MR) is 125 cm³/mol. The second kappa shape index (κ2) is 10.4. The molecular formula is C25H35NO4S. The van der Waals surface area contributed by atoms with E-state index in [2.05, 4.69) is 18.6 Å². The van der Waals surface area contributed by atoms with Gasteiger partial charge in [0.15, 0.2) is 0 Å². The number of benzene rings is 2. The van der Waals surface area contributed by atoms with Crippen molar-refractivity contribution in [2.45, 2.75) is 77.2 Å². The molecule has 0 aliphatic rings. The third-order valence-corrected chi connectivity index (χ3v) is 6.83. The Balaban J connectivity index is 2.68. The first kappa shape index (κ1) is 25.1. The molecule has 0 heterocycles. The SMILES string of the molecule is CCOC(=O)[C@@H](NS(=O)(=O)c1c(C(C)C)cc(C(C)C)cc1C(C)C)c1ccccc1. The number of hydrogen-bond acceptors (Lipinski definition) is 4. The van der Waals surface area contributed by atoms with E-state index < -0.39 is 22.0 Å². The minimum atomic E-state index is -4.02. The van der Waals surface area contributed by atoms with Crippen LogP contribution in [0.1, 0.15) is 94.5 Å². The molecule has 0 aromatic heterocycles. The number of sulfonamides is 1. The lowest BCUT2D eigenvalue weighted by Crippen LogP contribution is -2.36. The molecule has 31 heavy (non-hydrogen) atoms. The summed E-state index contributed by atoms with van der Waals surface area (Å²) in [7, 11) is -4.02. The molecule has 0 aliphatic carbocycles. The van der Waals surface area contributed by atoms with E-state index in [1.54, 1.807) is 31.2 Å². The zero-order valence-electron chi connectivity index (χ0n) is 19.6. The van der Waals surface area contributed by atoms with Crippen LogP contribution in [0.4, 0.5) is 0 Å². The molecule has 2 aromatic rings. The Labute approximate surface area is 187 Å². The van der Waals surface area contributed by atoms with Crippen LogP contribution in [0.5, 0.6) is 0 Å². The quantitative estimate of drug-likeness (QED) is 0.507. The Morgan fingerprint density at radius 1 is 0.871 bits per heavy atom. The van der Waals surface area contributed by atoms with Crippen molar-refractivity contribution < 1.29 is 17.9 Å². The standard InChI is InChI=1S/C25H35NO4S/c1-8-30-25(27)23(19-12-10-9-11-13-19)26-31(28,29)24-21(17(4)5)14-20(16(2)3)15-22(24)18(6)7/h9-18,23,26H,8H2,1-7H3/t23-/m0/s1. The first-order valence-electron chi connectivity index (χ1n) is 10.9. The van der Waals surface area contributed by atoms with Gasteiger partial charge in [-0.05, 0) is 46.9 Å². The van der Waals surface area contributed by atoms with E-state index in [1.165, 1.54) is 0 Å². The van der Waals surface area contributed by atoms with E-state index >= 15 is 0 Å². The van der Waals surface area contributed by atoms with Gasteiger partial charge in [-0.25, -0.2) is 13.2 Å². The van der Waals surface area contributed by atoms with Crippen LogP contribution in [0.3, 0.4) is 0 Å². The summed E-state index contributed by atoms with van der Waals surface area (Å²) >= 11 is 0. The van der Waals surface area contributed by atoms with Gasteiger partial charge in [0, 0.05) is 0 Å². The van der Waals surface area contributed by atoms with E-state index in [0.717, 1.165) is 16.7 Å². The molecule has 0 fully saturated rings. The number of nitrogens with one attached hydrogen (secondary N) is 1. The Bertz CT molecular complexity index is 966. The average molecular weight is 446 g/mol. The number of carbonyl (C=O) groups excluding carboxylic acids is 1. The zero-order valence-corrected chi connectivity index (χ0v) is 20.4. The second-order valence-corrected chi connectivity index (χ2v) is 10.4. The lowest BCUT2D eigenvalue weighted by atomic mass is 9.89.